The number of allylic oxidation sites excluding steroid dienone is 1. The third-order valence-corrected chi connectivity index (χ3v) is 1.81. The number of aryl methyl sites for hydroxylation is 1. The van der Waals surface area contributed by atoms with Gasteiger partial charge in [0.15, 0.2) is 5.69 Å². The highest BCUT2D eigenvalue weighted by molar-refractivity contribution is 5.69. The normalized spacial score (nSPS) is 9.92. The molecule has 0 unspecified atom stereocenters. The quantitative estimate of drug-likeness (QED) is 0.505. The summed E-state index contributed by atoms with van der Waals surface area (Å²) in [6.07, 6.45) is 0. The maximum absolute atomic E-state index is 8.93. The van der Waals surface area contributed by atoms with E-state index in [0.29, 0.717) is 0 Å². The van der Waals surface area contributed by atoms with E-state index in [-0.39, 0.29) is 0 Å². The molecule has 0 aromatic heterocycles. The molecule has 0 saturated carbocycles. The zero-order valence-electron chi connectivity index (χ0n) is 7.46. The molecule has 0 saturated heterocycles. The van der Waals surface area contributed by atoms with E-state index in [9.17, 15) is 0 Å². The molecular formula is C10H14NO+. The molecule has 1 rings (SSSR count). The van der Waals surface area contributed by atoms with Crippen LogP contribution in [0.4, 0.5) is 5.69 Å². The van der Waals surface area contributed by atoms with E-state index in [0.717, 1.165) is 27.9 Å². The molecule has 2 heteroatoms. The highest BCUT2D eigenvalue weighted by atomic mass is 16.5. The molecule has 0 aliphatic rings. The van der Waals surface area contributed by atoms with Crippen LogP contribution in [-0.4, -0.2) is 5.21 Å². The maximum Gasteiger partial charge on any atom is 0.169 e. The highest BCUT2D eigenvalue weighted by Crippen LogP contribution is 2.19. The Balaban J connectivity index is 3.20. The second kappa shape index (κ2) is 3.52. The van der Waals surface area contributed by atoms with Gasteiger partial charge in [0, 0.05) is 11.6 Å². The van der Waals surface area contributed by atoms with Gasteiger partial charge in [-0.2, -0.15) is 5.48 Å². The molecule has 1 aromatic rings. The molecule has 12 heavy (non-hydrogen) atoms. The molecule has 64 valence electrons. The van der Waals surface area contributed by atoms with Gasteiger partial charge in [0.2, 0.25) is 0 Å². The first-order valence-corrected chi connectivity index (χ1v) is 3.89. The summed E-state index contributed by atoms with van der Waals surface area (Å²) < 4.78 is 0. The standard InChI is InChI=1S/C10H13NO/c1-7(2)9-5-4-8(3)6-10(9)11-12/h4-6,11-12H,1H2,2-3H3/p+1. The van der Waals surface area contributed by atoms with Crippen LogP contribution in [0.5, 0.6) is 0 Å². The summed E-state index contributed by atoms with van der Waals surface area (Å²) in [6.45, 7) is 7.76. The first kappa shape index (κ1) is 8.97. The van der Waals surface area contributed by atoms with E-state index in [1.165, 1.54) is 0 Å². The van der Waals surface area contributed by atoms with Crippen molar-refractivity contribution in [2.75, 3.05) is 0 Å². The van der Waals surface area contributed by atoms with Crippen molar-refractivity contribution >= 4 is 11.3 Å². The van der Waals surface area contributed by atoms with Crippen molar-refractivity contribution in [3.05, 3.63) is 35.9 Å². The van der Waals surface area contributed by atoms with Crippen LogP contribution < -0.4 is 5.48 Å². The lowest BCUT2D eigenvalue weighted by molar-refractivity contribution is -0.825. The van der Waals surface area contributed by atoms with Gasteiger partial charge < -0.3 is 0 Å². The Kier molecular flexibility index (Phi) is 2.63. The van der Waals surface area contributed by atoms with E-state index < -0.39 is 0 Å². The summed E-state index contributed by atoms with van der Waals surface area (Å²) in [7, 11) is 0. The fourth-order valence-corrected chi connectivity index (χ4v) is 1.18. The van der Waals surface area contributed by atoms with Crippen molar-refractivity contribution in [1.29, 1.82) is 0 Å². The third kappa shape index (κ3) is 1.72. The second-order valence-electron chi connectivity index (χ2n) is 3.00. The minimum atomic E-state index is 0.836. The molecule has 0 aliphatic heterocycles. The van der Waals surface area contributed by atoms with Crippen LogP contribution in [0.25, 0.3) is 5.57 Å². The van der Waals surface area contributed by atoms with Crippen LogP contribution in [0, 0.1) is 6.92 Å². The van der Waals surface area contributed by atoms with Crippen LogP contribution in [0.2, 0.25) is 0 Å². The summed E-state index contributed by atoms with van der Waals surface area (Å²) in [5.41, 5.74) is 5.07. The van der Waals surface area contributed by atoms with E-state index >= 15 is 0 Å². The number of benzene rings is 1. The van der Waals surface area contributed by atoms with Gasteiger partial charge in [-0.1, -0.05) is 12.6 Å². The van der Waals surface area contributed by atoms with E-state index in [4.69, 9.17) is 5.21 Å². The predicted molar refractivity (Wildman–Crippen MR) is 49.3 cm³/mol. The van der Waals surface area contributed by atoms with Gasteiger partial charge >= 0.3 is 0 Å². The summed E-state index contributed by atoms with van der Waals surface area (Å²) >= 11 is 0. The zero-order chi connectivity index (χ0) is 9.14. The Morgan fingerprint density at radius 2 is 2.17 bits per heavy atom. The van der Waals surface area contributed by atoms with Crippen LogP contribution in [0.3, 0.4) is 0 Å². The van der Waals surface area contributed by atoms with Crippen LogP contribution in [0.1, 0.15) is 18.1 Å². The number of hydrogen-bond acceptors (Lipinski definition) is 1. The molecule has 0 radical (unpaired) electrons. The van der Waals surface area contributed by atoms with Crippen molar-refractivity contribution in [2.45, 2.75) is 13.8 Å². The summed E-state index contributed by atoms with van der Waals surface area (Å²) in [5, 5.41) is 8.93. The lowest BCUT2D eigenvalue weighted by Gasteiger charge is -2.03. The van der Waals surface area contributed by atoms with Crippen LogP contribution in [-0.2, 0) is 0 Å². The minimum Gasteiger partial charge on any atom is -0.215 e. The number of quaternary nitrogens is 1. The topological polar surface area (TPSA) is 36.8 Å². The van der Waals surface area contributed by atoms with Gasteiger partial charge in [-0.3, -0.25) is 0 Å². The first-order chi connectivity index (χ1) is 5.65. The molecule has 0 bridgehead atoms. The first-order valence-electron chi connectivity index (χ1n) is 3.89. The number of hydrogen-bond donors (Lipinski definition) is 2. The van der Waals surface area contributed by atoms with E-state index in [1.54, 1.807) is 0 Å². The highest BCUT2D eigenvalue weighted by Gasteiger charge is 2.05. The Hall–Kier alpha value is -1.12. The maximum atomic E-state index is 8.93. The monoisotopic (exact) mass is 164 g/mol. The van der Waals surface area contributed by atoms with Crippen LogP contribution in [0.15, 0.2) is 24.8 Å². The lowest BCUT2D eigenvalue weighted by Crippen LogP contribution is -2.74. The fourth-order valence-electron chi connectivity index (χ4n) is 1.18. The Labute approximate surface area is 72.5 Å². The molecule has 0 aliphatic carbocycles. The smallest absolute Gasteiger partial charge is 0.169 e. The van der Waals surface area contributed by atoms with Crippen molar-refractivity contribution in [2.24, 2.45) is 0 Å². The van der Waals surface area contributed by atoms with Gasteiger partial charge in [0.25, 0.3) is 0 Å². The Morgan fingerprint density at radius 1 is 1.50 bits per heavy atom. The van der Waals surface area contributed by atoms with E-state index in [1.807, 2.05) is 32.0 Å². The molecule has 3 N–H and O–H groups in total. The average Bonchev–Trinajstić information content (AvgIpc) is 2.03. The molecule has 0 atom stereocenters. The average molecular weight is 164 g/mol. The van der Waals surface area contributed by atoms with Crippen molar-refractivity contribution in [3.8, 4) is 0 Å². The SMILES string of the molecule is C=C(C)c1ccc(C)cc1[NH2+]O. The van der Waals surface area contributed by atoms with Gasteiger partial charge in [-0.25, -0.2) is 5.21 Å². The summed E-state index contributed by atoms with van der Waals surface area (Å²) in [6, 6.07) is 5.92. The largest absolute Gasteiger partial charge is 0.215 e. The molecule has 0 fully saturated rings. The van der Waals surface area contributed by atoms with Gasteiger partial charge in [-0.05, 0) is 31.1 Å². The molecule has 1 aromatic carbocycles. The van der Waals surface area contributed by atoms with Crippen molar-refractivity contribution in [1.82, 2.24) is 0 Å². The molecule has 2 nitrogen and oxygen atoms in total. The minimum absolute atomic E-state index is 0.836. The van der Waals surface area contributed by atoms with Crippen molar-refractivity contribution in [3.63, 3.8) is 0 Å². The van der Waals surface area contributed by atoms with Gasteiger partial charge in [0.1, 0.15) is 0 Å². The van der Waals surface area contributed by atoms with Gasteiger partial charge in [0.05, 0.1) is 0 Å². The molecule has 0 amide bonds. The van der Waals surface area contributed by atoms with Crippen LogP contribution >= 0.6 is 0 Å². The predicted octanol–water partition coefficient (Wildman–Crippen LogP) is 1.61. The van der Waals surface area contributed by atoms with Crippen molar-refractivity contribution < 1.29 is 10.7 Å². The number of rotatable bonds is 2. The third-order valence-electron chi connectivity index (χ3n) is 1.81. The summed E-state index contributed by atoms with van der Waals surface area (Å²) in [5.74, 6) is 0. The molecule has 0 heterocycles. The zero-order valence-corrected chi connectivity index (χ0v) is 7.46. The fraction of sp³-hybridized carbons (Fsp3) is 0.200. The lowest BCUT2D eigenvalue weighted by atomic mass is 10.0. The number of nitrogens with two attached hydrogens (primary N) is 1. The van der Waals surface area contributed by atoms with E-state index in [2.05, 4.69) is 6.58 Å². The Morgan fingerprint density at radius 3 is 2.67 bits per heavy atom. The Bertz CT molecular complexity index is 305. The second-order valence-corrected chi connectivity index (χ2v) is 3.00. The molecule has 0 spiro atoms. The van der Waals surface area contributed by atoms with Gasteiger partial charge in [-0.15, -0.1) is 0 Å². The summed E-state index contributed by atoms with van der Waals surface area (Å²) in [4.78, 5) is 0. The molecular weight excluding hydrogens is 150 g/mol.